The summed E-state index contributed by atoms with van der Waals surface area (Å²) in [5.74, 6) is 1.10. The normalized spacial score (nSPS) is 20.1. The predicted octanol–water partition coefficient (Wildman–Crippen LogP) is 2.53. The highest BCUT2D eigenvalue weighted by Crippen LogP contribution is 2.24. The van der Waals surface area contributed by atoms with Crippen LogP contribution in [0.2, 0.25) is 0 Å². The van der Waals surface area contributed by atoms with Gasteiger partial charge >= 0.3 is 0 Å². The number of nitrogens with two attached hydrogens (primary N) is 1. The van der Waals surface area contributed by atoms with Crippen molar-refractivity contribution in [1.29, 1.82) is 0 Å². The number of carbonyl (C=O) groups is 1. The molecule has 1 fully saturated rings. The summed E-state index contributed by atoms with van der Waals surface area (Å²) in [6.07, 6.45) is 4.01. The van der Waals surface area contributed by atoms with Gasteiger partial charge in [-0.1, -0.05) is 6.07 Å². The molecule has 1 aliphatic rings. The topological polar surface area (TPSA) is 72.4 Å². The summed E-state index contributed by atoms with van der Waals surface area (Å²) in [6.45, 7) is 3.59. The van der Waals surface area contributed by atoms with Crippen LogP contribution in [0.4, 0.5) is 0 Å². The van der Waals surface area contributed by atoms with Gasteiger partial charge in [-0.3, -0.25) is 4.79 Å². The summed E-state index contributed by atoms with van der Waals surface area (Å²) in [5.41, 5.74) is 6.67. The first-order valence-corrected chi connectivity index (χ1v) is 8.53. The fourth-order valence-electron chi connectivity index (χ4n) is 2.83. The molecule has 0 spiro atoms. The van der Waals surface area contributed by atoms with Crippen LogP contribution in [0.1, 0.15) is 25.5 Å². The lowest BCUT2D eigenvalue weighted by atomic mass is 9.92. The van der Waals surface area contributed by atoms with Gasteiger partial charge in [0.25, 0.3) is 0 Å². The van der Waals surface area contributed by atoms with Crippen LogP contribution in [0, 0.1) is 5.92 Å². The second-order valence-electron chi connectivity index (χ2n) is 5.90. The maximum Gasteiger partial charge on any atom is 0.236 e. The molecule has 1 saturated heterocycles. The molecule has 0 aromatic carbocycles. The summed E-state index contributed by atoms with van der Waals surface area (Å²) in [4.78, 5) is 19.7. The number of aromatic nitrogens is 1. The third-order valence-corrected chi connectivity index (χ3v) is 5.03. The van der Waals surface area contributed by atoms with Crippen molar-refractivity contribution in [2.75, 3.05) is 13.1 Å². The zero-order chi connectivity index (χ0) is 15.5. The zero-order valence-electron chi connectivity index (χ0n) is 12.7. The summed E-state index contributed by atoms with van der Waals surface area (Å²) in [5, 5.41) is 1.98. The summed E-state index contributed by atoms with van der Waals surface area (Å²) >= 11 is 1.57. The van der Waals surface area contributed by atoms with Crippen molar-refractivity contribution in [3.8, 4) is 10.8 Å². The number of hydrogen-bond donors (Lipinski definition) is 1. The largest absolute Gasteiger partial charge is 0.444 e. The second-order valence-corrected chi connectivity index (χ2v) is 6.85. The molecular weight excluding hydrogens is 298 g/mol. The first kappa shape index (κ1) is 15.2. The van der Waals surface area contributed by atoms with Crippen LogP contribution in [0.25, 0.3) is 10.8 Å². The Morgan fingerprint density at radius 2 is 2.50 bits per heavy atom. The maximum atomic E-state index is 12.4. The Labute approximate surface area is 134 Å². The number of nitrogens with zero attached hydrogens (tertiary/aromatic N) is 2. The quantitative estimate of drug-likeness (QED) is 0.940. The van der Waals surface area contributed by atoms with E-state index in [-0.39, 0.29) is 11.9 Å². The molecule has 2 aromatic heterocycles. The monoisotopic (exact) mass is 319 g/mol. The lowest BCUT2D eigenvalue weighted by Gasteiger charge is -2.34. The third kappa shape index (κ3) is 3.39. The first-order valence-electron chi connectivity index (χ1n) is 7.65. The maximum absolute atomic E-state index is 12.4. The number of thiophene rings is 1. The van der Waals surface area contributed by atoms with Crippen LogP contribution in [0.5, 0.6) is 0 Å². The number of rotatable bonds is 4. The molecule has 0 aliphatic carbocycles. The smallest absolute Gasteiger partial charge is 0.236 e. The van der Waals surface area contributed by atoms with E-state index in [4.69, 9.17) is 10.2 Å². The van der Waals surface area contributed by atoms with Crippen LogP contribution in [0.15, 0.2) is 28.2 Å². The number of likely N-dealkylation sites (tertiary alicyclic amines) is 1. The Bertz CT molecular complexity index is 621. The van der Waals surface area contributed by atoms with Crippen molar-refractivity contribution in [3.63, 3.8) is 0 Å². The van der Waals surface area contributed by atoms with Crippen molar-refractivity contribution in [1.82, 2.24) is 9.88 Å². The van der Waals surface area contributed by atoms with E-state index in [0.717, 1.165) is 30.8 Å². The van der Waals surface area contributed by atoms with E-state index < -0.39 is 0 Å². The van der Waals surface area contributed by atoms with Crippen molar-refractivity contribution in [2.45, 2.75) is 32.2 Å². The SMILES string of the molecule is CC(N)C1CCCN(C(=O)Cc2coc(-c3cccs3)n2)C1. The van der Waals surface area contributed by atoms with E-state index in [2.05, 4.69) is 4.98 Å². The standard InChI is InChI=1S/C16H21N3O2S/c1-11(17)12-4-2-6-19(9-12)15(20)8-13-10-21-16(18-13)14-5-3-7-22-14/h3,5,7,10-12H,2,4,6,8-9,17H2,1H3. The molecule has 2 atom stereocenters. The summed E-state index contributed by atoms with van der Waals surface area (Å²) < 4.78 is 5.47. The summed E-state index contributed by atoms with van der Waals surface area (Å²) in [6, 6.07) is 4.05. The van der Waals surface area contributed by atoms with Crippen LogP contribution in [-0.4, -0.2) is 34.9 Å². The molecule has 0 radical (unpaired) electrons. The van der Waals surface area contributed by atoms with Gasteiger partial charge in [0, 0.05) is 19.1 Å². The highest BCUT2D eigenvalue weighted by atomic mass is 32.1. The number of amides is 1. The molecule has 2 aromatic rings. The van der Waals surface area contributed by atoms with Gasteiger partial charge in [0.1, 0.15) is 6.26 Å². The van der Waals surface area contributed by atoms with E-state index in [1.807, 2.05) is 29.3 Å². The molecule has 22 heavy (non-hydrogen) atoms. The molecule has 1 amide bonds. The van der Waals surface area contributed by atoms with Gasteiger partial charge in [0.05, 0.1) is 17.0 Å². The molecule has 6 heteroatoms. The molecule has 2 N–H and O–H groups in total. The fourth-order valence-corrected chi connectivity index (χ4v) is 3.49. The lowest BCUT2D eigenvalue weighted by molar-refractivity contribution is -0.132. The van der Waals surface area contributed by atoms with E-state index in [9.17, 15) is 4.79 Å². The fraction of sp³-hybridized carbons (Fsp3) is 0.500. The molecule has 0 bridgehead atoms. The average Bonchev–Trinajstić information content (AvgIpc) is 3.18. The van der Waals surface area contributed by atoms with Crippen molar-refractivity contribution < 1.29 is 9.21 Å². The number of hydrogen-bond acceptors (Lipinski definition) is 5. The van der Waals surface area contributed by atoms with E-state index in [0.29, 0.717) is 23.9 Å². The van der Waals surface area contributed by atoms with Gasteiger partial charge < -0.3 is 15.1 Å². The average molecular weight is 319 g/mol. The van der Waals surface area contributed by atoms with Crippen molar-refractivity contribution >= 4 is 17.2 Å². The summed E-state index contributed by atoms with van der Waals surface area (Å²) in [7, 11) is 0. The minimum atomic E-state index is 0.108. The van der Waals surface area contributed by atoms with E-state index >= 15 is 0 Å². The molecule has 1 aliphatic heterocycles. The van der Waals surface area contributed by atoms with Crippen LogP contribution >= 0.6 is 11.3 Å². The van der Waals surface area contributed by atoms with Crippen molar-refractivity contribution in [2.24, 2.45) is 11.7 Å². The zero-order valence-corrected chi connectivity index (χ0v) is 13.5. The third-order valence-electron chi connectivity index (χ3n) is 4.17. The predicted molar refractivity (Wildman–Crippen MR) is 86.5 cm³/mol. The first-order chi connectivity index (χ1) is 10.6. The molecular formula is C16H21N3O2S. The Hall–Kier alpha value is -1.66. The number of piperidine rings is 1. The second kappa shape index (κ2) is 6.62. The highest BCUT2D eigenvalue weighted by Gasteiger charge is 2.26. The minimum Gasteiger partial charge on any atom is -0.444 e. The number of oxazole rings is 1. The number of carbonyl (C=O) groups excluding carboxylic acids is 1. The van der Waals surface area contributed by atoms with Gasteiger partial charge in [0.15, 0.2) is 0 Å². The Kier molecular flexibility index (Phi) is 4.59. The Morgan fingerprint density at radius 1 is 1.64 bits per heavy atom. The highest BCUT2D eigenvalue weighted by molar-refractivity contribution is 7.13. The van der Waals surface area contributed by atoms with Crippen LogP contribution in [-0.2, 0) is 11.2 Å². The van der Waals surface area contributed by atoms with E-state index in [1.165, 1.54) is 0 Å². The van der Waals surface area contributed by atoms with Crippen LogP contribution in [0.3, 0.4) is 0 Å². The van der Waals surface area contributed by atoms with Gasteiger partial charge in [-0.25, -0.2) is 4.98 Å². The van der Waals surface area contributed by atoms with Gasteiger partial charge in [-0.15, -0.1) is 11.3 Å². The minimum absolute atomic E-state index is 0.108. The van der Waals surface area contributed by atoms with Gasteiger partial charge in [0.2, 0.25) is 11.8 Å². The molecule has 2 unspecified atom stereocenters. The molecule has 118 valence electrons. The Balaban J connectivity index is 1.62. The molecule has 3 rings (SSSR count). The van der Waals surface area contributed by atoms with E-state index in [1.54, 1.807) is 17.6 Å². The molecule has 0 saturated carbocycles. The van der Waals surface area contributed by atoms with Gasteiger partial charge in [-0.05, 0) is 37.1 Å². The van der Waals surface area contributed by atoms with Crippen molar-refractivity contribution in [3.05, 3.63) is 29.5 Å². The Morgan fingerprint density at radius 3 is 3.23 bits per heavy atom. The lowest BCUT2D eigenvalue weighted by Crippen LogP contribution is -2.45. The molecule has 3 heterocycles. The van der Waals surface area contributed by atoms with Crippen LogP contribution < -0.4 is 5.73 Å². The van der Waals surface area contributed by atoms with Gasteiger partial charge in [-0.2, -0.15) is 0 Å². The molecule has 5 nitrogen and oxygen atoms in total.